The monoisotopic (exact) mass is 150 g/mol. The van der Waals surface area contributed by atoms with Gasteiger partial charge in [0.2, 0.25) is 0 Å². The molecule has 0 radical (unpaired) electrons. The van der Waals surface area contributed by atoms with Crippen LogP contribution in [0.25, 0.3) is 0 Å². The van der Waals surface area contributed by atoms with E-state index in [1.54, 1.807) is 0 Å². The van der Waals surface area contributed by atoms with Gasteiger partial charge in [-0.15, -0.1) is 0 Å². The van der Waals surface area contributed by atoms with Crippen molar-refractivity contribution in [1.29, 1.82) is 0 Å². The zero-order valence-corrected chi connectivity index (χ0v) is 6.94. The average molecular weight is 150 g/mol. The van der Waals surface area contributed by atoms with E-state index in [9.17, 15) is 0 Å². The third kappa shape index (κ3) is 2.75. The summed E-state index contributed by atoms with van der Waals surface area (Å²) in [5, 5.41) is 0. The van der Waals surface area contributed by atoms with E-state index in [2.05, 4.69) is 39.0 Å². The molecule has 0 amide bonds. The van der Waals surface area contributed by atoms with E-state index in [1.807, 2.05) is 0 Å². The molecule has 0 spiro atoms. The number of rotatable bonds is 1. The van der Waals surface area contributed by atoms with Crippen molar-refractivity contribution in [3.63, 3.8) is 0 Å². The molecule has 0 bridgehead atoms. The first-order chi connectivity index (χ1) is 4.72. The van der Waals surface area contributed by atoms with Crippen LogP contribution in [0.5, 0.6) is 0 Å². The predicted octanol–water partition coefficient (Wildman–Crippen LogP) is 3.50. The third-order valence-electron chi connectivity index (χ3n) is 1.69. The van der Waals surface area contributed by atoms with Crippen LogP contribution in [-0.2, 0) is 6.42 Å². The van der Waals surface area contributed by atoms with Crippen LogP contribution >= 0.6 is 0 Å². The summed E-state index contributed by atoms with van der Waals surface area (Å²) < 4.78 is 0. The van der Waals surface area contributed by atoms with E-state index in [1.165, 1.54) is 16.7 Å². The van der Waals surface area contributed by atoms with Crippen LogP contribution in [0.3, 0.4) is 0 Å². The summed E-state index contributed by atoms with van der Waals surface area (Å²) in [6, 6.07) is 6.69. The van der Waals surface area contributed by atoms with Gasteiger partial charge in [-0.2, -0.15) is 0 Å². The average Bonchev–Trinajstić information content (AvgIpc) is 1.85. The van der Waals surface area contributed by atoms with Gasteiger partial charge in [-0.05, 0) is 25.8 Å². The minimum absolute atomic E-state index is 0. The Morgan fingerprint density at radius 1 is 1.00 bits per heavy atom. The first-order valence-corrected chi connectivity index (χ1v) is 3.79. The van der Waals surface area contributed by atoms with Crippen molar-refractivity contribution >= 4 is 0 Å². The number of hydrogen-bond donors (Lipinski definition) is 0. The molecule has 0 aliphatic rings. The van der Waals surface area contributed by atoms with Gasteiger partial charge in [-0.1, -0.05) is 43.7 Å². The molecule has 0 aliphatic carbocycles. The Kier molecular flexibility index (Phi) is 3.88. The molecule has 0 saturated heterocycles. The van der Waals surface area contributed by atoms with Crippen LogP contribution in [0.4, 0.5) is 0 Å². The molecule has 0 aromatic heterocycles. The molecular weight excluding hydrogens is 132 g/mol. The molecule has 0 unspecified atom stereocenters. The van der Waals surface area contributed by atoms with Gasteiger partial charge in [-0.3, -0.25) is 0 Å². The van der Waals surface area contributed by atoms with Crippen molar-refractivity contribution in [2.75, 3.05) is 0 Å². The minimum atomic E-state index is 0. The number of hydrogen-bond acceptors (Lipinski definition) is 0. The highest BCUT2D eigenvalue weighted by atomic mass is 14.0. The highest BCUT2D eigenvalue weighted by Gasteiger charge is 1.91. The van der Waals surface area contributed by atoms with Gasteiger partial charge in [0.15, 0.2) is 0 Å². The van der Waals surface area contributed by atoms with Crippen molar-refractivity contribution in [2.24, 2.45) is 0 Å². The van der Waals surface area contributed by atoms with Crippen LogP contribution in [0.1, 0.15) is 31.0 Å². The molecule has 1 aromatic rings. The van der Waals surface area contributed by atoms with E-state index in [0.717, 1.165) is 6.42 Å². The SMILES string of the molecule is C.CCc1cc(C)cc(C)c1. The van der Waals surface area contributed by atoms with Gasteiger partial charge >= 0.3 is 0 Å². The van der Waals surface area contributed by atoms with E-state index < -0.39 is 0 Å². The van der Waals surface area contributed by atoms with E-state index in [0.29, 0.717) is 0 Å². The zero-order valence-electron chi connectivity index (χ0n) is 6.94. The largest absolute Gasteiger partial charge is 0.0776 e. The molecule has 0 heterocycles. The lowest BCUT2D eigenvalue weighted by Gasteiger charge is -2.00. The van der Waals surface area contributed by atoms with Gasteiger partial charge < -0.3 is 0 Å². The first kappa shape index (κ1) is 10.2. The second-order valence-electron chi connectivity index (χ2n) is 2.85. The fourth-order valence-corrected chi connectivity index (χ4v) is 1.27. The predicted molar refractivity (Wildman–Crippen MR) is 52.0 cm³/mol. The molecule has 0 atom stereocenters. The van der Waals surface area contributed by atoms with Crippen molar-refractivity contribution in [3.05, 3.63) is 34.9 Å². The van der Waals surface area contributed by atoms with Gasteiger partial charge in [-0.25, -0.2) is 0 Å². The minimum Gasteiger partial charge on any atom is -0.0776 e. The first-order valence-electron chi connectivity index (χ1n) is 3.79. The smallest absolute Gasteiger partial charge is 0.0307 e. The van der Waals surface area contributed by atoms with Gasteiger partial charge in [0, 0.05) is 0 Å². The molecule has 62 valence electrons. The standard InChI is InChI=1S/C10H14.CH4/c1-4-10-6-8(2)5-9(3)7-10;/h5-7H,4H2,1-3H3;1H4. The maximum Gasteiger partial charge on any atom is -0.0307 e. The Hall–Kier alpha value is -0.780. The van der Waals surface area contributed by atoms with Crippen molar-refractivity contribution in [1.82, 2.24) is 0 Å². The normalized spacial score (nSPS) is 9.00. The molecule has 1 rings (SSSR count). The summed E-state index contributed by atoms with van der Waals surface area (Å²) in [4.78, 5) is 0. The molecule has 0 saturated carbocycles. The van der Waals surface area contributed by atoms with Crippen molar-refractivity contribution in [2.45, 2.75) is 34.6 Å². The highest BCUT2D eigenvalue weighted by Crippen LogP contribution is 2.08. The summed E-state index contributed by atoms with van der Waals surface area (Å²) in [6.45, 7) is 6.48. The topological polar surface area (TPSA) is 0 Å². The maximum absolute atomic E-state index is 2.24. The fraction of sp³-hybridized carbons (Fsp3) is 0.455. The molecule has 0 heteroatoms. The van der Waals surface area contributed by atoms with Gasteiger partial charge in [0.1, 0.15) is 0 Å². The third-order valence-corrected chi connectivity index (χ3v) is 1.69. The van der Waals surface area contributed by atoms with E-state index in [-0.39, 0.29) is 7.43 Å². The Bertz CT molecular complexity index is 203. The molecule has 0 nitrogen and oxygen atoms in total. The summed E-state index contributed by atoms with van der Waals surface area (Å²) in [6.07, 6.45) is 1.14. The zero-order chi connectivity index (χ0) is 7.56. The lowest BCUT2D eigenvalue weighted by molar-refractivity contribution is 1.12. The molecular formula is C11H18. The summed E-state index contributed by atoms with van der Waals surface area (Å²) in [7, 11) is 0. The van der Waals surface area contributed by atoms with Crippen LogP contribution in [0.2, 0.25) is 0 Å². The fourth-order valence-electron chi connectivity index (χ4n) is 1.27. The summed E-state index contributed by atoms with van der Waals surface area (Å²) >= 11 is 0. The molecule has 11 heavy (non-hydrogen) atoms. The van der Waals surface area contributed by atoms with Gasteiger partial charge in [0.25, 0.3) is 0 Å². The Labute approximate surface area is 70.3 Å². The Morgan fingerprint density at radius 3 is 1.82 bits per heavy atom. The summed E-state index contributed by atoms with van der Waals surface area (Å²) in [5.41, 5.74) is 4.19. The van der Waals surface area contributed by atoms with Crippen LogP contribution in [0.15, 0.2) is 18.2 Å². The van der Waals surface area contributed by atoms with Crippen LogP contribution in [0, 0.1) is 13.8 Å². The molecule has 0 aliphatic heterocycles. The number of aryl methyl sites for hydroxylation is 3. The molecule has 0 N–H and O–H groups in total. The Balaban J connectivity index is 0.000001000. The Morgan fingerprint density at radius 2 is 1.45 bits per heavy atom. The second-order valence-corrected chi connectivity index (χ2v) is 2.85. The lowest BCUT2D eigenvalue weighted by Crippen LogP contribution is -1.83. The quantitative estimate of drug-likeness (QED) is 0.574. The van der Waals surface area contributed by atoms with Crippen molar-refractivity contribution < 1.29 is 0 Å². The van der Waals surface area contributed by atoms with E-state index in [4.69, 9.17) is 0 Å². The van der Waals surface area contributed by atoms with Crippen molar-refractivity contribution in [3.8, 4) is 0 Å². The second kappa shape index (κ2) is 4.17. The molecule has 0 fully saturated rings. The van der Waals surface area contributed by atoms with Gasteiger partial charge in [0.05, 0.1) is 0 Å². The number of benzene rings is 1. The highest BCUT2D eigenvalue weighted by molar-refractivity contribution is 5.28. The summed E-state index contributed by atoms with van der Waals surface area (Å²) in [5.74, 6) is 0. The molecule has 1 aromatic carbocycles. The maximum atomic E-state index is 2.24. The van der Waals surface area contributed by atoms with E-state index >= 15 is 0 Å². The van der Waals surface area contributed by atoms with Crippen LogP contribution in [-0.4, -0.2) is 0 Å². The lowest BCUT2D eigenvalue weighted by atomic mass is 10.1. The van der Waals surface area contributed by atoms with Crippen LogP contribution < -0.4 is 0 Å².